The third-order valence-corrected chi connectivity index (χ3v) is 3.32. The maximum Gasteiger partial charge on any atom is 0.256 e. The lowest BCUT2D eigenvalue weighted by molar-refractivity contribution is 0.0711. The summed E-state index contributed by atoms with van der Waals surface area (Å²) in [6.45, 7) is 0.127. The molecule has 0 radical (unpaired) electrons. The third-order valence-electron chi connectivity index (χ3n) is 3.32. The van der Waals surface area contributed by atoms with Gasteiger partial charge in [0.2, 0.25) is 0 Å². The minimum Gasteiger partial charge on any atom is -0.409 e. The minimum atomic E-state index is -0.159. The van der Waals surface area contributed by atoms with Crippen LogP contribution in [0.2, 0.25) is 0 Å². The lowest BCUT2D eigenvalue weighted by Gasteiger charge is -2.28. The van der Waals surface area contributed by atoms with Gasteiger partial charge in [0, 0.05) is 6.04 Å². The lowest BCUT2D eigenvalue weighted by Crippen LogP contribution is -2.44. The summed E-state index contributed by atoms with van der Waals surface area (Å²) in [7, 11) is 0. The van der Waals surface area contributed by atoms with E-state index < -0.39 is 0 Å². The van der Waals surface area contributed by atoms with E-state index in [0.29, 0.717) is 5.56 Å². The summed E-state index contributed by atoms with van der Waals surface area (Å²) < 4.78 is 0. The Hall–Kier alpha value is -2.18. The fraction of sp³-hybridized carbons (Fsp3) is 0.500. The van der Waals surface area contributed by atoms with Gasteiger partial charge in [-0.3, -0.25) is 4.79 Å². The van der Waals surface area contributed by atoms with Crippen LogP contribution in [0.4, 0.5) is 0 Å². The quantitative estimate of drug-likeness (QED) is 0.358. The van der Waals surface area contributed by atoms with Crippen molar-refractivity contribution >= 4 is 11.7 Å². The molecular formula is C12H17N5O2. The predicted octanol–water partition coefficient (Wildman–Crippen LogP) is 0.608. The van der Waals surface area contributed by atoms with Gasteiger partial charge in [0.25, 0.3) is 5.91 Å². The molecule has 1 aromatic heterocycles. The molecule has 0 aliphatic heterocycles. The molecule has 102 valence electrons. The van der Waals surface area contributed by atoms with Crippen molar-refractivity contribution in [3.8, 4) is 0 Å². The van der Waals surface area contributed by atoms with Crippen molar-refractivity contribution in [2.24, 2.45) is 10.9 Å². The number of hydrogen-bond acceptors (Lipinski definition) is 5. The van der Waals surface area contributed by atoms with Gasteiger partial charge in [-0.2, -0.15) is 10.2 Å². The molecule has 1 fully saturated rings. The molecule has 1 aliphatic carbocycles. The van der Waals surface area contributed by atoms with E-state index in [4.69, 9.17) is 10.9 Å². The molecule has 19 heavy (non-hydrogen) atoms. The summed E-state index contributed by atoms with van der Waals surface area (Å²) in [5, 5.41) is 19.0. The van der Waals surface area contributed by atoms with Crippen LogP contribution in [-0.4, -0.2) is 44.6 Å². The maximum absolute atomic E-state index is 12.4. The van der Waals surface area contributed by atoms with Gasteiger partial charge in [-0.05, 0) is 18.9 Å². The summed E-state index contributed by atoms with van der Waals surface area (Å²) in [6, 6.07) is 1.75. The topological polar surface area (TPSA) is 105 Å². The summed E-state index contributed by atoms with van der Waals surface area (Å²) in [6.07, 6.45) is 6.99. The Morgan fingerprint density at radius 2 is 2.21 bits per heavy atom. The van der Waals surface area contributed by atoms with Crippen LogP contribution < -0.4 is 5.73 Å². The predicted molar refractivity (Wildman–Crippen MR) is 68.7 cm³/mol. The molecule has 1 aromatic rings. The van der Waals surface area contributed by atoms with Crippen molar-refractivity contribution in [1.82, 2.24) is 15.1 Å². The van der Waals surface area contributed by atoms with Gasteiger partial charge in [0.05, 0.1) is 24.5 Å². The summed E-state index contributed by atoms with van der Waals surface area (Å²) >= 11 is 0. The highest BCUT2D eigenvalue weighted by molar-refractivity contribution is 5.96. The first-order chi connectivity index (χ1) is 9.22. The zero-order chi connectivity index (χ0) is 13.7. The Morgan fingerprint density at radius 1 is 1.47 bits per heavy atom. The van der Waals surface area contributed by atoms with Crippen LogP contribution in [0.1, 0.15) is 36.0 Å². The number of amides is 1. The van der Waals surface area contributed by atoms with E-state index in [2.05, 4.69) is 15.4 Å². The first-order valence-corrected chi connectivity index (χ1v) is 6.26. The number of amidine groups is 1. The van der Waals surface area contributed by atoms with Gasteiger partial charge in [0.15, 0.2) is 5.84 Å². The molecule has 0 spiro atoms. The number of carbonyl (C=O) groups excluding carboxylic acids is 1. The summed E-state index contributed by atoms with van der Waals surface area (Å²) in [4.78, 5) is 14.1. The van der Waals surface area contributed by atoms with Crippen LogP contribution in [0.5, 0.6) is 0 Å². The number of carbonyl (C=O) groups is 1. The lowest BCUT2D eigenvalue weighted by atomic mass is 10.1. The zero-order valence-electron chi connectivity index (χ0n) is 10.6. The maximum atomic E-state index is 12.4. The molecular weight excluding hydrogens is 246 g/mol. The van der Waals surface area contributed by atoms with Gasteiger partial charge in [-0.25, -0.2) is 0 Å². The van der Waals surface area contributed by atoms with Gasteiger partial charge in [-0.1, -0.05) is 18.0 Å². The summed E-state index contributed by atoms with van der Waals surface area (Å²) in [5.74, 6) is -0.129. The minimum absolute atomic E-state index is 0.0299. The molecule has 0 aromatic carbocycles. The molecule has 1 heterocycles. The average Bonchev–Trinajstić information content (AvgIpc) is 2.98. The SMILES string of the molecule is N/C(CN(C(=O)c1ccnnc1)C1CCCC1)=N/O. The Morgan fingerprint density at radius 3 is 2.79 bits per heavy atom. The second-order valence-electron chi connectivity index (χ2n) is 4.59. The number of aromatic nitrogens is 2. The van der Waals surface area contributed by atoms with E-state index >= 15 is 0 Å². The van der Waals surface area contributed by atoms with Crippen LogP contribution in [0, 0.1) is 0 Å². The molecule has 0 bridgehead atoms. The molecule has 0 unspecified atom stereocenters. The van der Waals surface area contributed by atoms with E-state index in [1.165, 1.54) is 12.4 Å². The third kappa shape index (κ3) is 3.18. The van der Waals surface area contributed by atoms with Crippen LogP contribution in [0.3, 0.4) is 0 Å². The smallest absolute Gasteiger partial charge is 0.256 e. The molecule has 1 aliphatic rings. The average molecular weight is 263 g/mol. The number of oxime groups is 1. The Kier molecular flexibility index (Phi) is 4.27. The highest BCUT2D eigenvalue weighted by Crippen LogP contribution is 2.24. The molecule has 3 N–H and O–H groups in total. The van der Waals surface area contributed by atoms with Gasteiger partial charge < -0.3 is 15.8 Å². The Bertz CT molecular complexity index is 456. The monoisotopic (exact) mass is 263 g/mol. The van der Waals surface area contributed by atoms with E-state index in [1.807, 2.05) is 0 Å². The second-order valence-corrected chi connectivity index (χ2v) is 4.59. The second kappa shape index (κ2) is 6.12. The Labute approximate surface area is 111 Å². The van der Waals surface area contributed by atoms with Gasteiger partial charge in [0.1, 0.15) is 0 Å². The number of nitrogens with two attached hydrogens (primary N) is 1. The highest BCUT2D eigenvalue weighted by Gasteiger charge is 2.28. The molecule has 0 saturated heterocycles. The number of nitrogens with zero attached hydrogens (tertiary/aromatic N) is 4. The normalized spacial score (nSPS) is 16.5. The van der Waals surface area contributed by atoms with Crippen LogP contribution in [0.15, 0.2) is 23.6 Å². The van der Waals surface area contributed by atoms with E-state index in [0.717, 1.165) is 25.7 Å². The van der Waals surface area contributed by atoms with Crippen LogP contribution in [0.25, 0.3) is 0 Å². The van der Waals surface area contributed by atoms with Gasteiger partial charge in [-0.15, -0.1) is 0 Å². The number of hydrogen-bond donors (Lipinski definition) is 2. The van der Waals surface area contributed by atoms with Crippen molar-refractivity contribution in [1.29, 1.82) is 0 Å². The largest absolute Gasteiger partial charge is 0.409 e. The highest BCUT2D eigenvalue weighted by atomic mass is 16.4. The van der Waals surface area contributed by atoms with Crippen molar-refractivity contribution in [3.05, 3.63) is 24.0 Å². The molecule has 7 nitrogen and oxygen atoms in total. The van der Waals surface area contributed by atoms with Crippen LogP contribution >= 0.6 is 0 Å². The fourth-order valence-corrected chi connectivity index (χ4v) is 2.37. The first-order valence-electron chi connectivity index (χ1n) is 6.26. The van der Waals surface area contributed by atoms with E-state index in [-0.39, 0.29) is 24.3 Å². The molecule has 7 heteroatoms. The van der Waals surface area contributed by atoms with Crippen molar-refractivity contribution in [3.63, 3.8) is 0 Å². The van der Waals surface area contributed by atoms with Crippen molar-refractivity contribution in [2.45, 2.75) is 31.7 Å². The van der Waals surface area contributed by atoms with Crippen molar-refractivity contribution < 1.29 is 10.0 Å². The van der Waals surface area contributed by atoms with Crippen LogP contribution in [-0.2, 0) is 0 Å². The Balaban J connectivity index is 2.19. The molecule has 0 atom stereocenters. The van der Waals surface area contributed by atoms with Crippen molar-refractivity contribution in [2.75, 3.05) is 6.54 Å². The molecule has 2 rings (SSSR count). The first kappa shape index (κ1) is 13.3. The molecule has 1 saturated carbocycles. The zero-order valence-corrected chi connectivity index (χ0v) is 10.6. The number of rotatable bonds is 4. The molecule has 1 amide bonds. The van der Waals surface area contributed by atoms with E-state index in [9.17, 15) is 4.79 Å². The fourth-order valence-electron chi connectivity index (χ4n) is 2.37. The van der Waals surface area contributed by atoms with E-state index in [1.54, 1.807) is 11.0 Å². The summed E-state index contributed by atoms with van der Waals surface area (Å²) in [5.41, 5.74) is 6.00. The standard InChI is InChI=1S/C12H17N5O2/c13-11(16-19)8-17(10-3-1-2-4-10)12(18)9-5-6-14-15-7-9/h5-7,10,19H,1-4,8H2,(H2,13,16). The van der Waals surface area contributed by atoms with Gasteiger partial charge >= 0.3 is 0 Å².